The van der Waals surface area contributed by atoms with Gasteiger partial charge in [-0.25, -0.2) is 5.43 Å². The molecule has 0 unspecified atom stereocenters. The lowest BCUT2D eigenvalue weighted by Gasteiger charge is -2.00. The molecule has 0 aliphatic rings. The maximum Gasteiger partial charge on any atom is 0.271 e. The molecule has 0 radical (unpaired) electrons. The number of benzene rings is 2. The van der Waals surface area contributed by atoms with E-state index in [0.717, 1.165) is 11.1 Å². The number of nitrogens with zero attached hydrogens (tertiary/aromatic N) is 2. The molecule has 1 amide bonds. The number of hydrogen-bond acceptors (Lipinski definition) is 4. The molecule has 0 spiro atoms. The Kier molecular flexibility index (Phi) is 5.35. The average Bonchev–Trinajstić information content (AvgIpc) is 2.55. The summed E-state index contributed by atoms with van der Waals surface area (Å²) in [7, 11) is 0. The van der Waals surface area contributed by atoms with Crippen molar-refractivity contribution in [3.8, 4) is 0 Å². The highest BCUT2D eigenvalue weighted by molar-refractivity contribution is 5.95. The van der Waals surface area contributed by atoms with E-state index in [0.29, 0.717) is 0 Å². The van der Waals surface area contributed by atoms with Crippen molar-refractivity contribution in [3.05, 3.63) is 81.4 Å². The van der Waals surface area contributed by atoms with Gasteiger partial charge in [-0.1, -0.05) is 42.5 Å². The monoisotopic (exact) mass is 309 g/mol. The first kappa shape index (κ1) is 16.1. The van der Waals surface area contributed by atoms with Crippen LogP contribution in [0.3, 0.4) is 0 Å². The van der Waals surface area contributed by atoms with Crippen LogP contribution in [0, 0.1) is 10.1 Å². The highest BCUT2D eigenvalue weighted by atomic mass is 16.6. The Morgan fingerprint density at radius 1 is 1.17 bits per heavy atom. The highest BCUT2D eigenvalue weighted by Gasteiger charge is 2.10. The molecule has 116 valence electrons. The van der Waals surface area contributed by atoms with Gasteiger partial charge in [-0.15, -0.1) is 0 Å². The van der Waals surface area contributed by atoms with Crippen molar-refractivity contribution in [3.63, 3.8) is 0 Å². The number of hydrazone groups is 1. The SMILES string of the molecule is CC(/C=N\NC(=O)c1cccc([N+](=O)[O-])c1)=C\c1ccccc1. The maximum atomic E-state index is 11.9. The quantitative estimate of drug-likeness (QED) is 0.522. The predicted octanol–water partition coefficient (Wildman–Crippen LogP) is 3.41. The molecular weight excluding hydrogens is 294 g/mol. The molecule has 2 aromatic carbocycles. The van der Waals surface area contributed by atoms with E-state index < -0.39 is 10.8 Å². The Morgan fingerprint density at radius 2 is 1.91 bits per heavy atom. The number of amides is 1. The second-order valence-electron chi connectivity index (χ2n) is 4.81. The summed E-state index contributed by atoms with van der Waals surface area (Å²) in [5.41, 5.74) is 4.28. The fourth-order valence-electron chi connectivity index (χ4n) is 1.87. The summed E-state index contributed by atoms with van der Waals surface area (Å²) in [5.74, 6) is -0.502. The van der Waals surface area contributed by atoms with E-state index in [9.17, 15) is 14.9 Å². The van der Waals surface area contributed by atoms with Crippen LogP contribution in [0.25, 0.3) is 6.08 Å². The molecule has 2 rings (SSSR count). The Labute approximate surface area is 133 Å². The molecule has 0 fully saturated rings. The fourth-order valence-corrected chi connectivity index (χ4v) is 1.87. The Balaban J connectivity index is 2.00. The van der Waals surface area contributed by atoms with Crippen molar-refractivity contribution >= 4 is 23.9 Å². The van der Waals surface area contributed by atoms with Crippen molar-refractivity contribution in [2.45, 2.75) is 6.92 Å². The molecule has 0 aromatic heterocycles. The number of hydrogen-bond donors (Lipinski definition) is 1. The van der Waals surface area contributed by atoms with Crippen LogP contribution in [0.5, 0.6) is 0 Å². The molecule has 0 bridgehead atoms. The van der Waals surface area contributed by atoms with Gasteiger partial charge < -0.3 is 0 Å². The van der Waals surface area contributed by atoms with Gasteiger partial charge in [0.15, 0.2) is 0 Å². The van der Waals surface area contributed by atoms with Gasteiger partial charge in [-0.05, 0) is 24.1 Å². The van der Waals surface area contributed by atoms with Gasteiger partial charge in [0, 0.05) is 17.7 Å². The molecule has 23 heavy (non-hydrogen) atoms. The number of carbonyl (C=O) groups excluding carboxylic acids is 1. The molecular formula is C17H15N3O3. The first-order valence-corrected chi connectivity index (χ1v) is 6.87. The van der Waals surface area contributed by atoms with Crippen molar-refractivity contribution in [1.29, 1.82) is 0 Å². The smallest absolute Gasteiger partial charge is 0.267 e. The van der Waals surface area contributed by atoms with Gasteiger partial charge in [-0.2, -0.15) is 5.10 Å². The van der Waals surface area contributed by atoms with Gasteiger partial charge in [0.05, 0.1) is 11.1 Å². The van der Waals surface area contributed by atoms with Crippen molar-refractivity contribution < 1.29 is 9.72 Å². The standard InChI is InChI=1S/C17H15N3O3/c1-13(10-14-6-3-2-4-7-14)12-18-19-17(21)15-8-5-9-16(11-15)20(22)23/h2-12H,1H3,(H,19,21)/b13-10+,18-12-. The molecule has 0 heterocycles. The molecule has 0 atom stereocenters. The summed E-state index contributed by atoms with van der Waals surface area (Å²) in [5, 5.41) is 14.5. The minimum Gasteiger partial charge on any atom is -0.267 e. The lowest BCUT2D eigenvalue weighted by atomic mass is 10.1. The topological polar surface area (TPSA) is 84.6 Å². The predicted molar refractivity (Wildman–Crippen MR) is 89.1 cm³/mol. The zero-order valence-electron chi connectivity index (χ0n) is 12.5. The second-order valence-corrected chi connectivity index (χ2v) is 4.81. The molecule has 6 heteroatoms. The van der Waals surface area contributed by atoms with E-state index in [1.54, 1.807) is 0 Å². The van der Waals surface area contributed by atoms with Crippen LogP contribution in [-0.4, -0.2) is 17.0 Å². The van der Waals surface area contributed by atoms with E-state index in [4.69, 9.17) is 0 Å². The van der Waals surface area contributed by atoms with Crippen LogP contribution in [0.4, 0.5) is 5.69 Å². The zero-order chi connectivity index (χ0) is 16.7. The molecule has 0 saturated heterocycles. The van der Waals surface area contributed by atoms with E-state index >= 15 is 0 Å². The first-order valence-electron chi connectivity index (χ1n) is 6.87. The van der Waals surface area contributed by atoms with Crippen molar-refractivity contribution in [2.75, 3.05) is 0 Å². The van der Waals surface area contributed by atoms with E-state index in [1.165, 1.54) is 30.5 Å². The number of non-ortho nitro benzene ring substituents is 1. The first-order chi connectivity index (χ1) is 11.1. The number of nitro benzene ring substituents is 1. The fraction of sp³-hybridized carbons (Fsp3) is 0.0588. The van der Waals surface area contributed by atoms with Gasteiger partial charge in [0.25, 0.3) is 11.6 Å². The summed E-state index contributed by atoms with van der Waals surface area (Å²) >= 11 is 0. The van der Waals surface area contributed by atoms with Crippen molar-refractivity contribution in [1.82, 2.24) is 5.43 Å². The third-order valence-corrected chi connectivity index (χ3v) is 2.95. The minimum absolute atomic E-state index is 0.137. The lowest BCUT2D eigenvalue weighted by molar-refractivity contribution is -0.384. The minimum atomic E-state index is -0.549. The second kappa shape index (κ2) is 7.65. The molecule has 2 aromatic rings. The van der Waals surface area contributed by atoms with Crippen LogP contribution in [0.2, 0.25) is 0 Å². The normalized spacial score (nSPS) is 11.4. The number of nitrogens with one attached hydrogen (secondary N) is 1. The maximum absolute atomic E-state index is 11.9. The van der Waals surface area contributed by atoms with Crippen LogP contribution in [0.1, 0.15) is 22.8 Å². The van der Waals surface area contributed by atoms with Gasteiger partial charge in [0.1, 0.15) is 0 Å². The van der Waals surface area contributed by atoms with E-state index in [-0.39, 0.29) is 11.3 Å². The Morgan fingerprint density at radius 3 is 2.61 bits per heavy atom. The van der Waals surface area contributed by atoms with Gasteiger partial charge >= 0.3 is 0 Å². The summed E-state index contributed by atoms with van der Waals surface area (Å²) in [4.78, 5) is 22.0. The number of rotatable bonds is 5. The molecule has 0 saturated carbocycles. The van der Waals surface area contributed by atoms with Crippen LogP contribution in [-0.2, 0) is 0 Å². The third-order valence-electron chi connectivity index (χ3n) is 2.95. The van der Waals surface area contributed by atoms with Gasteiger partial charge in [0.2, 0.25) is 0 Å². The van der Waals surface area contributed by atoms with E-state index in [2.05, 4.69) is 10.5 Å². The van der Waals surface area contributed by atoms with Crippen LogP contribution < -0.4 is 5.43 Å². The molecule has 0 aliphatic carbocycles. The molecule has 0 aliphatic heterocycles. The number of carbonyl (C=O) groups is 1. The van der Waals surface area contributed by atoms with Crippen molar-refractivity contribution in [2.24, 2.45) is 5.10 Å². The average molecular weight is 309 g/mol. The zero-order valence-corrected chi connectivity index (χ0v) is 12.5. The summed E-state index contributed by atoms with van der Waals surface area (Å²) in [6.45, 7) is 1.86. The Hall–Kier alpha value is -3.28. The van der Waals surface area contributed by atoms with Crippen LogP contribution >= 0.6 is 0 Å². The number of nitro groups is 1. The third kappa shape index (κ3) is 4.89. The van der Waals surface area contributed by atoms with Crippen LogP contribution in [0.15, 0.2) is 65.3 Å². The summed E-state index contributed by atoms with van der Waals surface area (Å²) < 4.78 is 0. The lowest BCUT2D eigenvalue weighted by Crippen LogP contribution is -2.17. The molecule has 1 N–H and O–H groups in total. The highest BCUT2D eigenvalue weighted by Crippen LogP contribution is 2.12. The van der Waals surface area contributed by atoms with Gasteiger partial charge in [-0.3, -0.25) is 14.9 Å². The summed E-state index contributed by atoms with van der Waals surface area (Å²) in [6.07, 6.45) is 3.44. The Bertz CT molecular complexity index is 768. The molecule has 6 nitrogen and oxygen atoms in total. The number of allylic oxidation sites excluding steroid dienone is 1. The largest absolute Gasteiger partial charge is 0.271 e. The van der Waals surface area contributed by atoms with E-state index in [1.807, 2.05) is 43.3 Å². The summed E-state index contributed by atoms with van der Waals surface area (Å²) in [6, 6.07) is 15.2.